The largest absolute Gasteiger partial charge is 0.497 e. The van der Waals surface area contributed by atoms with E-state index in [4.69, 9.17) is 4.74 Å². The SMILES string of the molecule is COc1ccc(S(=O)(=O)C2CN(C(=O)c3c[nH]c4ccccc34)C2)cc1. The quantitative estimate of drug-likeness (QED) is 0.765. The van der Waals surface area contributed by atoms with Crippen LogP contribution in [0.4, 0.5) is 0 Å². The maximum Gasteiger partial charge on any atom is 0.256 e. The fraction of sp³-hybridized carbons (Fsp3) is 0.211. The number of likely N-dealkylation sites (tertiary alicyclic amines) is 1. The predicted molar refractivity (Wildman–Crippen MR) is 98.2 cm³/mol. The Kier molecular flexibility index (Phi) is 3.96. The molecule has 4 rings (SSSR count). The number of carbonyl (C=O) groups is 1. The molecule has 0 spiro atoms. The van der Waals surface area contributed by atoms with Gasteiger partial charge in [-0.1, -0.05) is 18.2 Å². The van der Waals surface area contributed by atoms with E-state index in [-0.39, 0.29) is 23.9 Å². The molecule has 3 aromatic rings. The number of amides is 1. The molecule has 1 aromatic heterocycles. The average Bonchev–Trinajstić information content (AvgIpc) is 3.04. The Morgan fingerprint density at radius 1 is 1.12 bits per heavy atom. The van der Waals surface area contributed by atoms with Gasteiger partial charge in [-0.2, -0.15) is 0 Å². The Balaban J connectivity index is 1.50. The standard InChI is InChI=1S/C19H18N2O4S/c1-25-13-6-8-14(9-7-13)26(23,24)15-11-21(12-15)19(22)17-10-20-18-5-3-2-4-16(17)18/h2-10,15,20H,11-12H2,1H3. The molecule has 6 nitrogen and oxygen atoms in total. The summed E-state index contributed by atoms with van der Waals surface area (Å²) in [6.07, 6.45) is 1.68. The lowest BCUT2D eigenvalue weighted by Crippen LogP contribution is -2.56. The minimum atomic E-state index is -3.46. The highest BCUT2D eigenvalue weighted by molar-refractivity contribution is 7.92. The zero-order chi connectivity index (χ0) is 18.3. The summed E-state index contributed by atoms with van der Waals surface area (Å²) < 4.78 is 30.4. The summed E-state index contributed by atoms with van der Waals surface area (Å²) in [6.45, 7) is 0.402. The number of hydrogen-bond donors (Lipinski definition) is 1. The van der Waals surface area contributed by atoms with Gasteiger partial charge in [0.2, 0.25) is 0 Å². The van der Waals surface area contributed by atoms with Gasteiger partial charge in [-0.05, 0) is 30.3 Å². The second kappa shape index (κ2) is 6.17. The van der Waals surface area contributed by atoms with Crippen LogP contribution in [-0.2, 0) is 9.84 Å². The maximum absolute atomic E-state index is 12.7. The van der Waals surface area contributed by atoms with E-state index in [2.05, 4.69) is 4.98 Å². The number of rotatable bonds is 4. The highest BCUT2D eigenvalue weighted by Crippen LogP contribution is 2.28. The van der Waals surface area contributed by atoms with Crippen LogP contribution in [0, 0.1) is 0 Å². The van der Waals surface area contributed by atoms with Gasteiger partial charge in [0.15, 0.2) is 9.84 Å². The first-order valence-electron chi connectivity index (χ1n) is 8.24. The fourth-order valence-electron chi connectivity index (χ4n) is 3.18. The molecular formula is C19H18N2O4S. The third-order valence-electron chi connectivity index (χ3n) is 4.78. The van der Waals surface area contributed by atoms with Crippen LogP contribution in [0.25, 0.3) is 10.9 Å². The topological polar surface area (TPSA) is 79.5 Å². The van der Waals surface area contributed by atoms with Gasteiger partial charge in [-0.15, -0.1) is 0 Å². The van der Waals surface area contributed by atoms with E-state index in [9.17, 15) is 13.2 Å². The van der Waals surface area contributed by atoms with Gasteiger partial charge >= 0.3 is 0 Å². The minimum Gasteiger partial charge on any atom is -0.497 e. The van der Waals surface area contributed by atoms with E-state index in [0.29, 0.717) is 11.3 Å². The van der Waals surface area contributed by atoms with E-state index in [0.717, 1.165) is 10.9 Å². The molecule has 0 saturated carbocycles. The fourth-order valence-corrected chi connectivity index (χ4v) is 4.83. The number of hydrogen-bond acceptors (Lipinski definition) is 4. The normalized spacial score (nSPS) is 15.0. The van der Waals surface area contributed by atoms with Crippen molar-refractivity contribution in [3.05, 3.63) is 60.3 Å². The second-order valence-corrected chi connectivity index (χ2v) is 8.53. The summed E-state index contributed by atoms with van der Waals surface area (Å²) in [5.41, 5.74) is 1.46. The molecule has 0 bridgehead atoms. The van der Waals surface area contributed by atoms with Crippen molar-refractivity contribution in [3.8, 4) is 5.75 Å². The van der Waals surface area contributed by atoms with Gasteiger partial charge in [-0.25, -0.2) is 8.42 Å². The second-order valence-electron chi connectivity index (χ2n) is 6.30. The molecule has 2 aromatic carbocycles. The van der Waals surface area contributed by atoms with Crippen molar-refractivity contribution >= 4 is 26.6 Å². The molecule has 26 heavy (non-hydrogen) atoms. The number of aromatic nitrogens is 1. The van der Waals surface area contributed by atoms with Crippen molar-refractivity contribution in [1.82, 2.24) is 9.88 Å². The number of methoxy groups -OCH3 is 1. The van der Waals surface area contributed by atoms with Crippen LogP contribution in [0.15, 0.2) is 59.6 Å². The molecule has 0 radical (unpaired) electrons. The maximum atomic E-state index is 12.7. The molecule has 1 aliphatic rings. The number of fused-ring (bicyclic) bond motifs is 1. The lowest BCUT2D eigenvalue weighted by atomic mass is 10.1. The average molecular weight is 370 g/mol. The Labute approximate surface area is 151 Å². The molecule has 1 saturated heterocycles. The summed E-state index contributed by atoms with van der Waals surface area (Å²) in [4.78, 5) is 17.6. The van der Waals surface area contributed by atoms with Crippen LogP contribution in [-0.4, -0.2) is 49.7 Å². The van der Waals surface area contributed by atoms with Crippen molar-refractivity contribution < 1.29 is 17.9 Å². The van der Waals surface area contributed by atoms with Gasteiger partial charge in [0, 0.05) is 30.2 Å². The van der Waals surface area contributed by atoms with Crippen molar-refractivity contribution in [2.24, 2.45) is 0 Å². The summed E-state index contributed by atoms with van der Waals surface area (Å²) in [7, 11) is -1.93. The number of sulfone groups is 1. The Hall–Kier alpha value is -2.80. The van der Waals surface area contributed by atoms with Gasteiger partial charge in [0.05, 0.1) is 17.6 Å². The molecule has 1 amide bonds. The number of nitrogens with one attached hydrogen (secondary N) is 1. The Bertz CT molecular complexity index is 1060. The molecule has 0 unspecified atom stereocenters. The summed E-state index contributed by atoms with van der Waals surface area (Å²) in [5.74, 6) is 0.456. The molecular weight excluding hydrogens is 352 g/mol. The van der Waals surface area contributed by atoms with E-state index in [1.54, 1.807) is 23.2 Å². The molecule has 1 N–H and O–H groups in total. The monoisotopic (exact) mass is 370 g/mol. The lowest BCUT2D eigenvalue weighted by molar-refractivity contribution is 0.0661. The number of nitrogens with zero attached hydrogens (tertiary/aromatic N) is 1. The van der Waals surface area contributed by atoms with Crippen molar-refractivity contribution in [1.29, 1.82) is 0 Å². The first-order valence-corrected chi connectivity index (χ1v) is 9.78. The molecule has 2 heterocycles. The van der Waals surface area contributed by atoms with Gasteiger partial charge < -0.3 is 14.6 Å². The molecule has 7 heteroatoms. The number of para-hydroxylation sites is 1. The summed E-state index contributed by atoms with van der Waals surface area (Å²) >= 11 is 0. The molecule has 134 valence electrons. The number of H-pyrrole nitrogens is 1. The lowest BCUT2D eigenvalue weighted by Gasteiger charge is -2.38. The predicted octanol–water partition coefficient (Wildman–Crippen LogP) is 2.47. The first-order chi connectivity index (χ1) is 12.5. The van der Waals surface area contributed by atoms with Crippen LogP contribution in [0.3, 0.4) is 0 Å². The van der Waals surface area contributed by atoms with Gasteiger partial charge in [0.25, 0.3) is 5.91 Å². The van der Waals surface area contributed by atoms with Crippen LogP contribution in [0.2, 0.25) is 0 Å². The highest BCUT2D eigenvalue weighted by atomic mass is 32.2. The summed E-state index contributed by atoms with van der Waals surface area (Å²) in [6, 6.07) is 13.9. The Morgan fingerprint density at radius 2 is 1.81 bits per heavy atom. The smallest absolute Gasteiger partial charge is 0.256 e. The molecule has 1 fully saturated rings. The third-order valence-corrected chi connectivity index (χ3v) is 6.89. The zero-order valence-corrected chi connectivity index (χ0v) is 15.0. The van der Waals surface area contributed by atoms with Crippen LogP contribution < -0.4 is 4.74 Å². The van der Waals surface area contributed by atoms with Gasteiger partial charge in [-0.3, -0.25) is 4.79 Å². The van der Waals surface area contributed by atoms with E-state index >= 15 is 0 Å². The number of ether oxygens (including phenoxy) is 1. The van der Waals surface area contributed by atoms with Crippen LogP contribution in [0.1, 0.15) is 10.4 Å². The molecule has 0 aliphatic carbocycles. The van der Waals surface area contributed by atoms with Crippen LogP contribution in [0.5, 0.6) is 5.75 Å². The number of carbonyl (C=O) groups excluding carboxylic acids is 1. The van der Waals surface area contributed by atoms with Crippen molar-refractivity contribution in [3.63, 3.8) is 0 Å². The third kappa shape index (κ3) is 2.64. The number of aromatic amines is 1. The minimum absolute atomic E-state index is 0.149. The zero-order valence-electron chi connectivity index (χ0n) is 14.2. The van der Waals surface area contributed by atoms with Gasteiger partial charge in [0.1, 0.15) is 11.0 Å². The number of benzene rings is 2. The first kappa shape index (κ1) is 16.7. The van der Waals surface area contributed by atoms with E-state index in [1.807, 2.05) is 24.3 Å². The molecule has 0 atom stereocenters. The van der Waals surface area contributed by atoms with Crippen molar-refractivity contribution in [2.75, 3.05) is 20.2 Å². The Morgan fingerprint density at radius 3 is 2.50 bits per heavy atom. The molecule has 1 aliphatic heterocycles. The van der Waals surface area contributed by atoms with Crippen molar-refractivity contribution in [2.45, 2.75) is 10.1 Å². The van der Waals surface area contributed by atoms with E-state index < -0.39 is 15.1 Å². The highest BCUT2D eigenvalue weighted by Gasteiger charge is 2.41. The summed E-state index contributed by atoms with van der Waals surface area (Å²) in [5, 5.41) is 0.268. The van der Waals surface area contributed by atoms with E-state index in [1.165, 1.54) is 19.2 Å². The van der Waals surface area contributed by atoms with Crippen LogP contribution >= 0.6 is 0 Å².